The molecular weight excluding hydrogens is 440 g/mol. The van der Waals surface area contributed by atoms with Gasteiger partial charge in [0.1, 0.15) is 37.1 Å². The van der Waals surface area contributed by atoms with Crippen molar-refractivity contribution in [3.8, 4) is 0 Å². The van der Waals surface area contributed by atoms with Crippen LogP contribution < -0.4 is 10.2 Å². The van der Waals surface area contributed by atoms with Gasteiger partial charge in [-0.3, -0.25) is 15.0 Å². The van der Waals surface area contributed by atoms with Crippen molar-refractivity contribution < 1.29 is 34.8 Å². The minimum Gasteiger partial charge on any atom is -0.394 e. The average Bonchev–Trinajstić information content (AvgIpc) is 3.12. The Morgan fingerprint density at radius 2 is 1.75 bits per heavy atom. The fourth-order valence-electron chi connectivity index (χ4n) is 3.95. The number of carbonyl (C=O) groups excluding carboxylic acids is 2. The third kappa shape index (κ3) is 4.36. The molecule has 9 nitrogen and oxygen atoms in total. The molecule has 5 atom stereocenters. The van der Waals surface area contributed by atoms with Gasteiger partial charge in [0.25, 0.3) is 0 Å². The molecule has 2 fully saturated rings. The van der Waals surface area contributed by atoms with Gasteiger partial charge in [-0.05, 0) is 41.3 Å². The highest BCUT2D eigenvalue weighted by atomic mass is 35.5. The second kappa shape index (κ2) is 9.14. The fourth-order valence-corrected chi connectivity index (χ4v) is 4.13. The van der Waals surface area contributed by atoms with E-state index in [4.69, 9.17) is 16.3 Å². The Morgan fingerprint density at radius 1 is 1.03 bits per heavy atom. The van der Waals surface area contributed by atoms with E-state index in [2.05, 4.69) is 5.32 Å². The standard InChI is InChI=1S/C22H23ClN2O7/c23-15-6-3-12(21-20(30)19(29)18(28)16(10-26)32-21)8-13(15)7-11-1-4-14(5-2-11)25-9-17(27)24-22(25)31/h1-6,8,16,18-21,26,28-30H,7,9-10H2,(H,24,27,31)/t16-,18-,19+,20+,21+/m1/s1. The topological polar surface area (TPSA) is 140 Å². The molecule has 0 spiro atoms. The highest BCUT2D eigenvalue weighted by Gasteiger charge is 2.44. The van der Waals surface area contributed by atoms with Gasteiger partial charge in [-0.15, -0.1) is 0 Å². The summed E-state index contributed by atoms with van der Waals surface area (Å²) in [7, 11) is 0. The molecular formula is C22H23ClN2O7. The number of halogens is 1. The monoisotopic (exact) mass is 462 g/mol. The smallest absolute Gasteiger partial charge is 0.329 e. The van der Waals surface area contributed by atoms with Crippen molar-refractivity contribution >= 4 is 29.2 Å². The van der Waals surface area contributed by atoms with Crippen molar-refractivity contribution in [1.82, 2.24) is 5.32 Å². The Bertz CT molecular complexity index is 1010. The number of nitrogens with one attached hydrogen (secondary N) is 1. The van der Waals surface area contributed by atoms with Gasteiger partial charge in [0.2, 0.25) is 5.91 Å². The predicted molar refractivity (Wildman–Crippen MR) is 114 cm³/mol. The first-order valence-corrected chi connectivity index (χ1v) is 10.5. The molecule has 3 amide bonds. The molecule has 0 unspecified atom stereocenters. The summed E-state index contributed by atoms with van der Waals surface area (Å²) in [4.78, 5) is 24.5. The van der Waals surface area contributed by atoms with Crippen LogP contribution in [0.4, 0.5) is 10.5 Å². The van der Waals surface area contributed by atoms with Crippen molar-refractivity contribution in [2.24, 2.45) is 0 Å². The molecule has 0 bridgehead atoms. The summed E-state index contributed by atoms with van der Waals surface area (Å²) >= 11 is 6.37. The Morgan fingerprint density at radius 3 is 2.38 bits per heavy atom. The summed E-state index contributed by atoms with van der Waals surface area (Å²) < 4.78 is 5.63. The Hall–Kier alpha value is -2.53. The predicted octanol–water partition coefficient (Wildman–Crippen LogP) is 0.502. The quantitative estimate of drug-likeness (QED) is 0.408. The molecule has 32 heavy (non-hydrogen) atoms. The number of anilines is 1. The normalized spacial score (nSPS) is 28.2. The summed E-state index contributed by atoms with van der Waals surface area (Å²) in [5, 5.41) is 42.6. The lowest BCUT2D eigenvalue weighted by molar-refractivity contribution is -0.231. The number of urea groups is 1. The number of aliphatic hydroxyl groups excluding tert-OH is 4. The second-order valence-corrected chi connectivity index (χ2v) is 8.29. The summed E-state index contributed by atoms with van der Waals surface area (Å²) in [6.45, 7) is -0.528. The first-order valence-electron chi connectivity index (χ1n) is 10.1. The summed E-state index contributed by atoms with van der Waals surface area (Å²) in [5.74, 6) is -0.351. The van der Waals surface area contributed by atoms with Gasteiger partial charge >= 0.3 is 6.03 Å². The lowest BCUT2D eigenvalue weighted by Gasteiger charge is -2.40. The van der Waals surface area contributed by atoms with Crippen molar-refractivity contribution in [3.63, 3.8) is 0 Å². The molecule has 2 aliphatic heterocycles. The molecule has 2 aliphatic rings. The van der Waals surface area contributed by atoms with Crippen molar-refractivity contribution in [2.45, 2.75) is 36.9 Å². The number of hydrogen-bond donors (Lipinski definition) is 5. The van der Waals surface area contributed by atoms with Crippen LogP contribution in [0.5, 0.6) is 0 Å². The Balaban J connectivity index is 1.53. The van der Waals surface area contributed by atoms with Crippen LogP contribution in [0.15, 0.2) is 42.5 Å². The number of carbonyl (C=O) groups is 2. The van der Waals surface area contributed by atoms with E-state index in [1.807, 2.05) is 12.1 Å². The van der Waals surface area contributed by atoms with Crippen LogP contribution in [0.1, 0.15) is 22.8 Å². The van der Waals surface area contributed by atoms with Gasteiger partial charge in [-0.1, -0.05) is 35.9 Å². The molecule has 0 radical (unpaired) electrons. The minimum absolute atomic E-state index is 0.0227. The van der Waals surface area contributed by atoms with Crippen LogP contribution in [-0.2, 0) is 16.0 Å². The number of benzene rings is 2. The van der Waals surface area contributed by atoms with Crippen LogP contribution >= 0.6 is 11.6 Å². The fraction of sp³-hybridized carbons (Fsp3) is 0.364. The van der Waals surface area contributed by atoms with E-state index >= 15 is 0 Å². The molecule has 0 aromatic heterocycles. The second-order valence-electron chi connectivity index (χ2n) is 7.88. The molecule has 10 heteroatoms. The van der Waals surface area contributed by atoms with Crippen LogP contribution in [0, 0.1) is 0 Å². The zero-order chi connectivity index (χ0) is 23.0. The number of ether oxygens (including phenoxy) is 1. The maximum atomic E-state index is 11.8. The molecule has 170 valence electrons. The number of hydrogen-bond acceptors (Lipinski definition) is 7. The molecule has 0 aliphatic carbocycles. The SMILES string of the molecule is O=C1CN(c2ccc(Cc3cc([C@@H]4O[C@H](CO)[C@@H](O)[C@H](O)[C@@H]4O)ccc3Cl)cc2)C(=O)N1. The van der Waals surface area contributed by atoms with E-state index in [-0.39, 0.29) is 12.5 Å². The first-order chi connectivity index (χ1) is 15.3. The molecule has 2 aromatic carbocycles. The van der Waals surface area contributed by atoms with E-state index in [0.29, 0.717) is 22.7 Å². The number of rotatable bonds is 5. The molecule has 2 aromatic rings. The third-order valence-electron chi connectivity index (χ3n) is 5.73. The lowest BCUT2D eigenvalue weighted by Crippen LogP contribution is -2.55. The van der Waals surface area contributed by atoms with Gasteiger partial charge in [-0.2, -0.15) is 0 Å². The van der Waals surface area contributed by atoms with Crippen molar-refractivity contribution in [1.29, 1.82) is 0 Å². The summed E-state index contributed by atoms with van der Waals surface area (Å²) in [5.41, 5.74) is 2.78. The van der Waals surface area contributed by atoms with Crippen LogP contribution in [0.2, 0.25) is 5.02 Å². The van der Waals surface area contributed by atoms with E-state index in [1.54, 1.807) is 30.3 Å². The van der Waals surface area contributed by atoms with Crippen LogP contribution in [0.3, 0.4) is 0 Å². The summed E-state index contributed by atoms with van der Waals surface area (Å²) in [6.07, 6.45) is -5.78. The van der Waals surface area contributed by atoms with Crippen LogP contribution in [-0.4, -0.2) is 69.9 Å². The average molecular weight is 463 g/mol. The van der Waals surface area contributed by atoms with Crippen molar-refractivity contribution in [3.05, 3.63) is 64.2 Å². The number of imide groups is 1. The number of amides is 3. The maximum absolute atomic E-state index is 11.8. The molecule has 2 heterocycles. The van der Waals surface area contributed by atoms with E-state index < -0.39 is 43.2 Å². The third-order valence-corrected chi connectivity index (χ3v) is 6.10. The minimum atomic E-state index is -1.47. The highest BCUT2D eigenvalue weighted by Crippen LogP contribution is 2.34. The van der Waals surface area contributed by atoms with Gasteiger partial charge in [0.05, 0.1) is 6.61 Å². The summed E-state index contributed by atoms with van der Waals surface area (Å²) in [6, 6.07) is 11.7. The molecule has 0 saturated carbocycles. The van der Waals surface area contributed by atoms with Crippen LogP contribution in [0.25, 0.3) is 0 Å². The Kier molecular flexibility index (Phi) is 6.47. The number of nitrogens with zero attached hydrogens (tertiary/aromatic N) is 1. The largest absolute Gasteiger partial charge is 0.394 e. The first kappa shape index (κ1) is 22.7. The van der Waals surface area contributed by atoms with Gasteiger partial charge in [-0.25, -0.2) is 4.79 Å². The molecule has 4 rings (SSSR count). The zero-order valence-corrected chi connectivity index (χ0v) is 17.6. The van der Waals surface area contributed by atoms with E-state index in [9.17, 15) is 30.0 Å². The Labute approximate surface area is 188 Å². The molecule has 5 N–H and O–H groups in total. The van der Waals surface area contributed by atoms with E-state index in [1.165, 1.54) is 4.90 Å². The molecule has 2 saturated heterocycles. The van der Waals surface area contributed by atoms with Gasteiger partial charge in [0, 0.05) is 10.7 Å². The lowest BCUT2D eigenvalue weighted by atomic mass is 9.90. The van der Waals surface area contributed by atoms with Gasteiger partial charge < -0.3 is 25.2 Å². The highest BCUT2D eigenvalue weighted by molar-refractivity contribution is 6.31. The van der Waals surface area contributed by atoms with E-state index in [0.717, 1.165) is 11.1 Å². The van der Waals surface area contributed by atoms with Gasteiger partial charge in [0.15, 0.2) is 0 Å². The zero-order valence-electron chi connectivity index (χ0n) is 16.9. The van der Waals surface area contributed by atoms with Crippen molar-refractivity contribution in [2.75, 3.05) is 18.1 Å². The number of aliphatic hydroxyl groups is 4. The maximum Gasteiger partial charge on any atom is 0.329 e.